The Morgan fingerprint density at radius 3 is 2.82 bits per heavy atom. The predicted molar refractivity (Wildman–Crippen MR) is 86.1 cm³/mol. The van der Waals surface area contributed by atoms with Crippen LogP contribution in [0.15, 0.2) is 36.4 Å². The van der Waals surface area contributed by atoms with Crippen LogP contribution in [0, 0.1) is 0 Å². The summed E-state index contributed by atoms with van der Waals surface area (Å²) in [4.78, 5) is 11.5. The number of halogens is 2. The van der Waals surface area contributed by atoms with Gasteiger partial charge < -0.3 is 14.8 Å². The molecular weight excluding hydrogens is 325 g/mol. The zero-order valence-corrected chi connectivity index (χ0v) is 13.2. The fourth-order valence-corrected chi connectivity index (χ4v) is 2.88. The van der Waals surface area contributed by atoms with Gasteiger partial charge in [0.15, 0.2) is 0 Å². The third-order valence-corrected chi connectivity index (χ3v) is 4.02. The van der Waals surface area contributed by atoms with E-state index < -0.39 is 0 Å². The van der Waals surface area contributed by atoms with Crippen LogP contribution in [0.4, 0.5) is 5.69 Å². The minimum absolute atomic E-state index is 0.221. The quantitative estimate of drug-likeness (QED) is 0.828. The Kier molecular flexibility index (Phi) is 4.14. The van der Waals surface area contributed by atoms with Crippen molar-refractivity contribution >= 4 is 34.9 Å². The number of hydrogen-bond acceptors (Lipinski definition) is 4. The van der Waals surface area contributed by atoms with Crippen LogP contribution in [0.25, 0.3) is 0 Å². The number of esters is 1. The van der Waals surface area contributed by atoms with Crippen molar-refractivity contribution in [2.45, 2.75) is 6.10 Å². The van der Waals surface area contributed by atoms with Crippen molar-refractivity contribution in [2.75, 3.05) is 19.0 Å². The SMILES string of the molecule is COC(=O)c1ccc2c(c1)NCC(c1ccc(Cl)cc1Cl)O2. The predicted octanol–water partition coefficient (Wildman–Crippen LogP) is 4.33. The van der Waals surface area contributed by atoms with Gasteiger partial charge in [0.2, 0.25) is 0 Å². The van der Waals surface area contributed by atoms with Crippen molar-refractivity contribution in [3.05, 3.63) is 57.6 Å². The highest BCUT2D eigenvalue weighted by molar-refractivity contribution is 6.35. The molecule has 1 atom stereocenters. The number of nitrogens with one attached hydrogen (secondary N) is 1. The molecule has 4 nitrogen and oxygen atoms in total. The number of anilines is 1. The average molecular weight is 338 g/mol. The van der Waals surface area contributed by atoms with Gasteiger partial charge in [-0.15, -0.1) is 0 Å². The van der Waals surface area contributed by atoms with Crippen molar-refractivity contribution in [3.8, 4) is 5.75 Å². The van der Waals surface area contributed by atoms with Gasteiger partial charge in [0, 0.05) is 15.6 Å². The number of fused-ring (bicyclic) bond motifs is 1. The highest BCUT2D eigenvalue weighted by Crippen LogP contribution is 2.37. The smallest absolute Gasteiger partial charge is 0.337 e. The number of carbonyl (C=O) groups excluding carboxylic acids is 1. The molecule has 0 fully saturated rings. The van der Waals surface area contributed by atoms with Gasteiger partial charge in [-0.1, -0.05) is 29.3 Å². The largest absolute Gasteiger partial charge is 0.482 e. The summed E-state index contributed by atoms with van der Waals surface area (Å²) >= 11 is 12.1. The van der Waals surface area contributed by atoms with Gasteiger partial charge in [0.05, 0.1) is 24.9 Å². The number of rotatable bonds is 2. The van der Waals surface area contributed by atoms with E-state index in [1.165, 1.54) is 7.11 Å². The van der Waals surface area contributed by atoms with Crippen LogP contribution in [0.1, 0.15) is 22.0 Å². The molecule has 114 valence electrons. The Labute approximate surface area is 137 Å². The average Bonchev–Trinajstić information content (AvgIpc) is 2.53. The molecule has 1 unspecified atom stereocenters. The first-order valence-electron chi connectivity index (χ1n) is 6.66. The number of hydrogen-bond donors (Lipinski definition) is 1. The number of methoxy groups -OCH3 is 1. The van der Waals surface area contributed by atoms with E-state index in [4.69, 9.17) is 32.7 Å². The highest BCUT2D eigenvalue weighted by Gasteiger charge is 2.24. The third-order valence-electron chi connectivity index (χ3n) is 3.46. The summed E-state index contributed by atoms with van der Waals surface area (Å²) in [6.07, 6.45) is -0.221. The van der Waals surface area contributed by atoms with E-state index in [1.807, 2.05) is 6.07 Å². The second-order valence-corrected chi connectivity index (χ2v) is 5.70. The summed E-state index contributed by atoms with van der Waals surface area (Å²) in [5, 5.41) is 4.40. The third kappa shape index (κ3) is 2.85. The molecule has 6 heteroatoms. The summed E-state index contributed by atoms with van der Waals surface area (Å²) in [7, 11) is 1.35. The molecule has 2 aromatic carbocycles. The lowest BCUT2D eigenvalue weighted by molar-refractivity contribution is 0.0600. The minimum Gasteiger partial charge on any atom is -0.482 e. The topological polar surface area (TPSA) is 47.6 Å². The first-order chi connectivity index (χ1) is 10.6. The summed E-state index contributed by atoms with van der Waals surface area (Å²) in [6, 6.07) is 10.4. The molecule has 0 aliphatic carbocycles. The molecule has 0 radical (unpaired) electrons. The number of benzene rings is 2. The Hall–Kier alpha value is -1.91. The summed E-state index contributed by atoms with van der Waals surface area (Å²) in [6.45, 7) is 0.541. The van der Waals surface area contributed by atoms with Gasteiger partial charge in [0.25, 0.3) is 0 Å². The van der Waals surface area contributed by atoms with Crippen molar-refractivity contribution in [2.24, 2.45) is 0 Å². The first-order valence-corrected chi connectivity index (χ1v) is 7.42. The standard InChI is InChI=1S/C16H13Cl2NO3/c1-21-16(20)9-2-5-14-13(6-9)19-8-15(22-14)11-4-3-10(17)7-12(11)18/h2-7,15,19H,8H2,1H3. The maximum Gasteiger partial charge on any atom is 0.337 e. The van der Waals surface area contributed by atoms with Gasteiger partial charge in [-0.3, -0.25) is 0 Å². The van der Waals surface area contributed by atoms with E-state index in [9.17, 15) is 4.79 Å². The Morgan fingerprint density at radius 1 is 1.27 bits per heavy atom. The molecular formula is C16H13Cl2NO3. The molecule has 1 N–H and O–H groups in total. The monoisotopic (exact) mass is 337 g/mol. The van der Waals surface area contributed by atoms with E-state index in [0.29, 0.717) is 27.9 Å². The van der Waals surface area contributed by atoms with E-state index in [2.05, 4.69) is 5.32 Å². The maximum absolute atomic E-state index is 11.5. The van der Waals surface area contributed by atoms with Crippen LogP contribution >= 0.6 is 23.2 Å². The number of carbonyl (C=O) groups is 1. The van der Waals surface area contributed by atoms with Gasteiger partial charge >= 0.3 is 5.97 Å². The van der Waals surface area contributed by atoms with Crippen molar-refractivity contribution in [3.63, 3.8) is 0 Å². The number of ether oxygens (including phenoxy) is 2. The molecule has 1 aliphatic rings. The lowest BCUT2D eigenvalue weighted by Gasteiger charge is -2.28. The normalized spacial score (nSPS) is 16.2. The van der Waals surface area contributed by atoms with Gasteiger partial charge in [-0.2, -0.15) is 0 Å². The van der Waals surface area contributed by atoms with Crippen molar-refractivity contribution in [1.29, 1.82) is 0 Å². The molecule has 1 aliphatic heterocycles. The fourth-order valence-electron chi connectivity index (χ4n) is 2.35. The molecule has 1 heterocycles. The molecule has 0 amide bonds. The van der Waals surface area contributed by atoms with E-state index in [0.717, 1.165) is 11.3 Å². The highest BCUT2D eigenvalue weighted by atomic mass is 35.5. The van der Waals surface area contributed by atoms with Crippen molar-refractivity contribution < 1.29 is 14.3 Å². The van der Waals surface area contributed by atoms with Crippen LogP contribution in [-0.4, -0.2) is 19.6 Å². The van der Waals surface area contributed by atoms with Crippen molar-refractivity contribution in [1.82, 2.24) is 0 Å². The molecule has 3 rings (SSSR count). The van der Waals surface area contributed by atoms with Crippen LogP contribution < -0.4 is 10.1 Å². The van der Waals surface area contributed by atoms with Crippen LogP contribution in [-0.2, 0) is 4.74 Å². The van der Waals surface area contributed by atoms with Crippen LogP contribution in [0.3, 0.4) is 0 Å². The Bertz CT molecular complexity index is 733. The minimum atomic E-state index is -0.382. The molecule has 0 saturated heterocycles. The Balaban J connectivity index is 1.86. The zero-order chi connectivity index (χ0) is 15.7. The second kappa shape index (κ2) is 6.07. The second-order valence-electron chi connectivity index (χ2n) is 4.86. The summed E-state index contributed by atoms with van der Waals surface area (Å²) < 4.78 is 10.7. The molecule has 2 aromatic rings. The zero-order valence-electron chi connectivity index (χ0n) is 11.7. The molecule has 0 aromatic heterocycles. The van der Waals surface area contributed by atoms with E-state index in [1.54, 1.807) is 30.3 Å². The van der Waals surface area contributed by atoms with Gasteiger partial charge in [0.1, 0.15) is 11.9 Å². The van der Waals surface area contributed by atoms with Gasteiger partial charge in [-0.25, -0.2) is 4.79 Å². The lowest BCUT2D eigenvalue weighted by Crippen LogP contribution is -2.24. The van der Waals surface area contributed by atoms with Crippen LogP contribution in [0.2, 0.25) is 10.0 Å². The summed E-state index contributed by atoms with van der Waals surface area (Å²) in [5.41, 5.74) is 2.09. The summed E-state index contributed by atoms with van der Waals surface area (Å²) in [5.74, 6) is 0.280. The fraction of sp³-hybridized carbons (Fsp3) is 0.188. The molecule has 0 spiro atoms. The first kappa shape index (κ1) is 15.0. The van der Waals surface area contributed by atoms with E-state index >= 15 is 0 Å². The molecule has 22 heavy (non-hydrogen) atoms. The molecule has 0 saturated carbocycles. The Morgan fingerprint density at radius 2 is 2.09 bits per heavy atom. The van der Waals surface area contributed by atoms with Crippen LogP contribution in [0.5, 0.6) is 5.75 Å². The molecule has 0 bridgehead atoms. The van der Waals surface area contributed by atoms with Gasteiger partial charge in [-0.05, 0) is 30.3 Å². The lowest BCUT2D eigenvalue weighted by atomic mass is 10.1. The van der Waals surface area contributed by atoms with E-state index in [-0.39, 0.29) is 12.1 Å². The maximum atomic E-state index is 11.5.